The molecule has 3 N–H and O–H groups in total. The fourth-order valence-electron chi connectivity index (χ4n) is 0.975. The first-order valence-electron chi connectivity index (χ1n) is 4.51. The minimum Gasteiger partial charge on any atom is -0.496 e. The number of primary sulfonamides is 1. The maximum atomic E-state index is 10.6. The van der Waals surface area contributed by atoms with Gasteiger partial charge in [0, 0.05) is 0 Å². The Bertz CT molecular complexity index is 487. The molecule has 1 aromatic carbocycles. The zero-order valence-corrected chi connectivity index (χ0v) is 10.6. The van der Waals surface area contributed by atoms with Crippen LogP contribution in [-0.2, 0) is 10.0 Å². The first kappa shape index (κ1) is 15.4. The van der Waals surface area contributed by atoms with Gasteiger partial charge in [0.15, 0.2) is 0 Å². The second kappa shape index (κ2) is 6.21. The highest BCUT2D eigenvalue weighted by molar-refractivity contribution is 7.88. The number of aromatic carboxylic acids is 1. The molecular weight excluding hydrogens is 246 g/mol. The zero-order valence-electron chi connectivity index (χ0n) is 9.80. The van der Waals surface area contributed by atoms with Crippen LogP contribution in [0.15, 0.2) is 18.2 Å². The molecule has 0 aliphatic rings. The lowest BCUT2D eigenvalue weighted by Gasteiger charge is -2.04. The van der Waals surface area contributed by atoms with Crippen LogP contribution in [0.1, 0.15) is 15.9 Å². The molecule has 1 rings (SSSR count). The maximum Gasteiger partial charge on any atom is 0.339 e. The van der Waals surface area contributed by atoms with Crippen molar-refractivity contribution in [2.75, 3.05) is 13.4 Å². The van der Waals surface area contributed by atoms with Crippen molar-refractivity contribution in [3.63, 3.8) is 0 Å². The normalized spacial score (nSPS) is 10.1. The number of carboxylic acid groups (broad SMARTS) is 1. The molecule has 0 fully saturated rings. The Morgan fingerprint density at radius 2 is 1.88 bits per heavy atom. The number of hydrogen-bond acceptors (Lipinski definition) is 4. The summed E-state index contributed by atoms with van der Waals surface area (Å²) in [4.78, 5) is 10.6. The number of methoxy groups -OCH3 is 1. The molecule has 0 unspecified atom stereocenters. The third-order valence-corrected chi connectivity index (χ3v) is 1.59. The first-order valence-corrected chi connectivity index (χ1v) is 6.46. The van der Waals surface area contributed by atoms with Gasteiger partial charge in [-0.05, 0) is 24.6 Å². The van der Waals surface area contributed by atoms with E-state index in [1.807, 2.05) is 6.92 Å². The van der Waals surface area contributed by atoms with Gasteiger partial charge in [-0.1, -0.05) is 6.07 Å². The second-order valence-corrected chi connectivity index (χ2v) is 5.00. The van der Waals surface area contributed by atoms with Crippen LogP contribution in [0.25, 0.3) is 0 Å². The van der Waals surface area contributed by atoms with E-state index in [9.17, 15) is 13.2 Å². The summed E-state index contributed by atoms with van der Waals surface area (Å²) in [5.41, 5.74) is 1.18. The molecular formula is C10H15NO5S. The average molecular weight is 261 g/mol. The van der Waals surface area contributed by atoms with Gasteiger partial charge < -0.3 is 9.84 Å². The van der Waals surface area contributed by atoms with Gasteiger partial charge in [0.25, 0.3) is 0 Å². The van der Waals surface area contributed by atoms with E-state index in [1.165, 1.54) is 13.2 Å². The van der Waals surface area contributed by atoms with E-state index in [0.717, 1.165) is 11.8 Å². The van der Waals surface area contributed by atoms with Gasteiger partial charge >= 0.3 is 5.97 Å². The van der Waals surface area contributed by atoms with Gasteiger partial charge in [0.05, 0.1) is 13.4 Å². The van der Waals surface area contributed by atoms with Crippen molar-refractivity contribution < 1.29 is 23.1 Å². The lowest BCUT2D eigenvalue weighted by molar-refractivity contribution is 0.0693. The molecule has 0 radical (unpaired) electrons. The van der Waals surface area contributed by atoms with E-state index in [1.54, 1.807) is 12.1 Å². The lowest BCUT2D eigenvalue weighted by Crippen LogP contribution is -2.07. The van der Waals surface area contributed by atoms with Crippen molar-refractivity contribution in [1.82, 2.24) is 0 Å². The van der Waals surface area contributed by atoms with Gasteiger partial charge in [-0.25, -0.2) is 18.4 Å². The van der Waals surface area contributed by atoms with Gasteiger partial charge in [-0.15, -0.1) is 0 Å². The van der Waals surface area contributed by atoms with Crippen LogP contribution in [0.5, 0.6) is 5.75 Å². The second-order valence-electron chi connectivity index (χ2n) is 3.34. The third kappa shape index (κ3) is 7.31. The Kier molecular flexibility index (Phi) is 5.63. The maximum absolute atomic E-state index is 10.6. The smallest absolute Gasteiger partial charge is 0.339 e. The predicted molar refractivity (Wildman–Crippen MR) is 63.7 cm³/mol. The van der Waals surface area contributed by atoms with Crippen LogP contribution in [0, 0.1) is 6.92 Å². The molecule has 1 aromatic rings. The van der Waals surface area contributed by atoms with Gasteiger partial charge in [0.1, 0.15) is 11.3 Å². The molecule has 0 heterocycles. The summed E-state index contributed by atoms with van der Waals surface area (Å²) in [6.07, 6.45) is 0.938. The van der Waals surface area contributed by atoms with Crippen LogP contribution in [-0.4, -0.2) is 32.9 Å². The summed E-state index contributed by atoms with van der Waals surface area (Å²) < 4.78 is 23.7. The Balaban J connectivity index is 0.000000437. The SMILES string of the molecule is COc1cc(C)ccc1C(=O)O.CS(N)(=O)=O. The number of rotatable bonds is 2. The van der Waals surface area contributed by atoms with E-state index >= 15 is 0 Å². The summed E-state index contributed by atoms with van der Waals surface area (Å²) in [6.45, 7) is 1.88. The van der Waals surface area contributed by atoms with Crippen molar-refractivity contribution >= 4 is 16.0 Å². The Labute approximate surface area is 100 Å². The summed E-state index contributed by atoms with van der Waals surface area (Å²) in [5, 5.41) is 13.0. The Morgan fingerprint density at radius 1 is 1.41 bits per heavy atom. The number of carboxylic acids is 1. The highest BCUT2D eigenvalue weighted by Gasteiger charge is 2.09. The molecule has 96 valence electrons. The van der Waals surface area contributed by atoms with Crippen molar-refractivity contribution in [2.45, 2.75) is 6.92 Å². The van der Waals surface area contributed by atoms with Crippen molar-refractivity contribution in [3.05, 3.63) is 29.3 Å². The summed E-state index contributed by atoms with van der Waals surface area (Å²) >= 11 is 0. The van der Waals surface area contributed by atoms with Gasteiger partial charge in [0.2, 0.25) is 10.0 Å². The minimum atomic E-state index is -3.17. The largest absolute Gasteiger partial charge is 0.496 e. The molecule has 0 saturated heterocycles. The third-order valence-electron chi connectivity index (χ3n) is 1.59. The number of carbonyl (C=O) groups is 1. The topological polar surface area (TPSA) is 107 Å². The van der Waals surface area contributed by atoms with Crippen molar-refractivity contribution in [1.29, 1.82) is 0 Å². The molecule has 0 bridgehead atoms. The van der Waals surface area contributed by atoms with Crippen LogP contribution >= 0.6 is 0 Å². The zero-order chi connectivity index (χ0) is 13.6. The van der Waals surface area contributed by atoms with Crippen molar-refractivity contribution in [3.8, 4) is 5.75 Å². The monoisotopic (exact) mass is 261 g/mol. The van der Waals surface area contributed by atoms with E-state index in [0.29, 0.717) is 5.75 Å². The van der Waals surface area contributed by atoms with Crippen LogP contribution in [0.3, 0.4) is 0 Å². The van der Waals surface area contributed by atoms with E-state index in [-0.39, 0.29) is 5.56 Å². The number of sulfonamides is 1. The standard InChI is InChI=1S/C9H10O3.CH5NO2S/c1-6-3-4-7(9(10)11)8(5-6)12-2;1-5(2,3)4/h3-5H,1-2H3,(H,10,11);1H3,(H2,2,3,4). The fourth-order valence-corrected chi connectivity index (χ4v) is 0.975. The molecule has 0 amide bonds. The number of nitrogens with two attached hydrogens (primary N) is 1. The fraction of sp³-hybridized carbons (Fsp3) is 0.300. The summed E-state index contributed by atoms with van der Waals surface area (Å²) in [5.74, 6) is -0.561. The molecule has 7 heteroatoms. The summed E-state index contributed by atoms with van der Waals surface area (Å²) in [6, 6.07) is 4.98. The number of hydrogen-bond donors (Lipinski definition) is 2. The highest BCUT2D eigenvalue weighted by atomic mass is 32.2. The highest BCUT2D eigenvalue weighted by Crippen LogP contribution is 2.19. The Hall–Kier alpha value is -1.60. The lowest BCUT2D eigenvalue weighted by atomic mass is 10.1. The van der Waals surface area contributed by atoms with E-state index in [4.69, 9.17) is 9.84 Å². The van der Waals surface area contributed by atoms with Gasteiger partial charge in [-0.3, -0.25) is 0 Å². The first-order chi connectivity index (χ1) is 7.65. The molecule has 6 nitrogen and oxygen atoms in total. The number of aryl methyl sites for hydroxylation is 1. The molecule has 0 saturated carbocycles. The number of benzene rings is 1. The average Bonchev–Trinajstić information content (AvgIpc) is 2.14. The predicted octanol–water partition coefficient (Wildman–Crippen LogP) is 0.607. The van der Waals surface area contributed by atoms with E-state index < -0.39 is 16.0 Å². The molecule has 0 aliphatic carbocycles. The summed E-state index contributed by atoms with van der Waals surface area (Å²) in [7, 11) is -1.71. The van der Waals surface area contributed by atoms with Gasteiger partial charge in [-0.2, -0.15) is 0 Å². The molecule has 17 heavy (non-hydrogen) atoms. The Morgan fingerprint density at radius 3 is 2.24 bits per heavy atom. The number of ether oxygens (including phenoxy) is 1. The molecule has 0 atom stereocenters. The molecule has 0 spiro atoms. The van der Waals surface area contributed by atoms with Crippen LogP contribution in [0.4, 0.5) is 0 Å². The van der Waals surface area contributed by atoms with Crippen LogP contribution < -0.4 is 9.88 Å². The van der Waals surface area contributed by atoms with Crippen molar-refractivity contribution in [2.24, 2.45) is 5.14 Å². The van der Waals surface area contributed by atoms with E-state index in [2.05, 4.69) is 5.14 Å². The molecule has 0 aliphatic heterocycles. The quantitative estimate of drug-likeness (QED) is 0.811. The minimum absolute atomic E-state index is 0.197. The van der Waals surface area contributed by atoms with Crippen LogP contribution in [0.2, 0.25) is 0 Å². The molecule has 0 aromatic heterocycles.